The second kappa shape index (κ2) is 8.75. The lowest BCUT2D eigenvalue weighted by Gasteiger charge is -2.16. The van der Waals surface area contributed by atoms with E-state index in [0.717, 1.165) is 27.6 Å². The van der Waals surface area contributed by atoms with Gasteiger partial charge in [0.1, 0.15) is 0 Å². The van der Waals surface area contributed by atoms with Gasteiger partial charge < -0.3 is 15.8 Å². The Hall–Kier alpha value is -2.76. The maximum Gasteiger partial charge on any atom is 0.233 e. The van der Waals surface area contributed by atoms with E-state index in [1.165, 1.54) is 0 Å². The number of pyridine rings is 1. The molecule has 5 nitrogen and oxygen atoms in total. The Labute approximate surface area is 159 Å². The van der Waals surface area contributed by atoms with Crippen LogP contribution in [0.4, 0.5) is 5.69 Å². The van der Waals surface area contributed by atoms with Gasteiger partial charge in [0.15, 0.2) is 0 Å². The first-order chi connectivity index (χ1) is 13.1. The van der Waals surface area contributed by atoms with Crippen molar-refractivity contribution in [2.75, 3.05) is 11.9 Å². The van der Waals surface area contributed by atoms with Crippen LogP contribution >= 0.6 is 0 Å². The fourth-order valence-electron chi connectivity index (χ4n) is 2.89. The fraction of sp³-hybridized carbons (Fsp3) is 0.273. The molecule has 3 rings (SSSR count). The van der Waals surface area contributed by atoms with Crippen LogP contribution in [0.1, 0.15) is 30.9 Å². The van der Waals surface area contributed by atoms with Gasteiger partial charge in [0.25, 0.3) is 0 Å². The predicted octanol–water partition coefficient (Wildman–Crippen LogP) is 3.84. The zero-order valence-corrected chi connectivity index (χ0v) is 15.7. The van der Waals surface area contributed by atoms with E-state index in [-0.39, 0.29) is 18.6 Å². The average molecular weight is 363 g/mol. The molecule has 1 atom stereocenters. The molecule has 0 bridgehead atoms. The second-order valence-corrected chi connectivity index (χ2v) is 6.82. The van der Waals surface area contributed by atoms with Crippen molar-refractivity contribution in [2.24, 2.45) is 5.73 Å². The highest BCUT2D eigenvalue weighted by atomic mass is 16.5. The molecule has 1 aromatic heterocycles. The lowest BCUT2D eigenvalue weighted by atomic mass is 9.97. The van der Waals surface area contributed by atoms with E-state index >= 15 is 0 Å². The minimum absolute atomic E-state index is 0.114. The summed E-state index contributed by atoms with van der Waals surface area (Å²) in [6, 6.07) is 15.5. The largest absolute Gasteiger partial charge is 0.374 e. The molecule has 0 saturated heterocycles. The van der Waals surface area contributed by atoms with E-state index in [1.54, 1.807) is 12.4 Å². The maximum atomic E-state index is 12.8. The molecule has 0 unspecified atom stereocenters. The van der Waals surface area contributed by atoms with Gasteiger partial charge in [-0.2, -0.15) is 0 Å². The number of hydrogen-bond donors (Lipinski definition) is 2. The standard InChI is InChI=1S/C22H25N3O2/c1-15(2)27-14-16-3-5-17(6-4-16)21(12-23)22(26)25-20-8-7-19-13-24-10-9-18(19)11-20/h3-11,13,15,21H,12,14,23H2,1-2H3,(H,25,26)/t21-/m1/s1. The van der Waals surface area contributed by atoms with E-state index in [4.69, 9.17) is 10.5 Å². The highest BCUT2D eigenvalue weighted by Gasteiger charge is 2.19. The van der Waals surface area contributed by atoms with Crippen molar-refractivity contribution in [3.05, 3.63) is 72.1 Å². The highest BCUT2D eigenvalue weighted by molar-refractivity contribution is 5.98. The number of nitrogens with zero attached hydrogens (tertiary/aromatic N) is 1. The van der Waals surface area contributed by atoms with E-state index in [2.05, 4.69) is 10.3 Å². The van der Waals surface area contributed by atoms with Gasteiger partial charge in [0, 0.05) is 30.0 Å². The Balaban J connectivity index is 1.71. The summed E-state index contributed by atoms with van der Waals surface area (Å²) in [6.45, 7) is 4.81. The molecule has 0 spiro atoms. The normalized spacial score (nSPS) is 12.3. The first-order valence-electron chi connectivity index (χ1n) is 9.12. The number of nitrogens with one attached hydrogen (secondary N) is 1. The fourth-order valence-corrected chi connectivity index (χ4v) is 2.89. The molecule has 0 aliphatic rings. The van der Waals surface area contributed by atoms with Gasteiger partial charge in [0.05, 0.1) is 18.6 Å². The van der Waals surface area contributed by atoms with Crippen molar-refractivity contribution in [3.63, 3.8) is 0 Å². The first-order valence-corrected chi connectivity index (χ1v) is 9.12. The summed E-state index contributed by atoms with van der Waals surface area (Å²) >= 11 is 0. The number of anilines is 1. The van der Waals surface area contributed by atoms with Crippen LogP contribution in [-0.4, -0.2) is 23.5 Å². The molecule has 0 saturated carbocycles. The molecule has 3 N–H and O–H groups in total. The number of carbonyl (C=O) groups excluding carboxylic acids is 1. The summed E-state index contributed by atoms with van der Waals surface area (Å²) < 4.78 is 5.61. The number of amides is 1. The SMILES string of the molecule is CC(C)OCc1ccc([C@@H](CN)C(=O)Nc2ccc3cnccc3c2)cc1. The van der Waals surface area contributed by atoms with E-state index < -0.39 is 5.92 Å². The Kier molecular flexibility index (Phi) is 6.16. The van der Waals surface area contributed by atoms with Crippen LogP contribution < -0.4 is 11.1 Å². The third-order valence-corrected chi connectivity index (χ3v) is 4.43. The molecule has 0 radical (unpaired) electrons. The van der Waals surface area contributed by atoms with Crippen LogP contribution in [0.2, 0.25) is 0 Å². The number of hydrogen-bond acceptors (Lipinski definition) is 4. The Bertz CT molecular complexity index is 907. The number of nitrogens with two attached hydrogens (primary N) is 1. The van der Waals surface area contributed by atoms with Gasteiger partial charge in [-0.25, -0.2) is 0 Å². The molecule has 0 aliphatic carbocycles. The monoisotopic (exact) mass is 363 g/mol. The van der Waals surface area contributed by atoms with Crippen molar-refractivity contribution < 1.29 is 9.53 Å². The molecular formula is C22H25N3O2. The van der Waals surface area contributed by atoms with Gasteiger partial charge in [-0.3, -0.25) is 9.78 Å². The first kappa shape index (κ1) is 19.0. The maximum absolute atomic E-state index is 12.8. The van der Waals surface area contributed by atoms with Crippen LogP contribution in [0.25, 0.3) is 10.8 Å². The molecule has 1 amide bonds. The molecule has 140 valence electrons. The summed E-state index contributed by atoms with van der Waals surface area (Å²) in [4.78, 5) is 16.9. The molecule has 3 aromatic rings. The molecule has 0 fully saturated rings. The van der Waals surface area contributed by atoms with E-state index in [1.807, 2.05) is 62.4 Å². The number of ether oxygens (including phenoxy) is 1. The van der Waals surface area contributed by atoms with Crippen molar-refractivity contribution in [1.29, 1.82) is 0 Å². The minimum atomic E-state index is -0.404. The van der Waals surface area contributed by atoms with Crippen molar-refractivity contribution >= 4 is 22.4 Å². The van der Waals surface area contributed by atoms with Crippen molar-refractivity contribution in [2.45, 2.75) is 32.5 Å². The second-order valence-electron chi connectivity index (χ2n) is 6.82. The smallest absolute Gasteiger partial charge is 0.233 e. The number of aromatic nitrogens is 1. The van der Waals surface area contributed by atoms with E-state index in [0.29, 0.717) is 6.61 Å². The molecule has 5 heteroatoms. The van der Waals surface area contributed by atoms with Crippen molar-refractivity contribution in [1.82, 2.24) is 4.98 Å². The van der Waals surface area contributed by atoms with Crippen LogP contribution in [0.3, 0.4) is 0 Å². The topological polar surface area (TPSA) is 77.2 Å². The summed E-state index contributed by atoms with van der Waals surface area (Å²) in [7, 11) is 0. The summed E-state index contributed by atoms with van der Waals surface area (Å²) in [5.74, 6) is -0.518. The molecular weight excluding hydrogens is 338 g/mol. The number of rotatable bonds is 7. The zero-order chi connectivity index (χ0) is 19.2. The summed E-state index contributed by atoms with van der Waals surface area (Å²) in [5.41, 5.74) is 8.61. The van der Waals surface area contributed by atoms with Gasteiger partial charge in [-0.05, 0) is 48.6 Å². The van der Waals surface area contributed by atoms with Crippen LogP contribution in [-0.2, 0) is 16.1 Å². The van der Waals surface area contributed by atoms with Crippen LogP contribution in [0, 0.1) is 0 Å². The van der Waals surface area contributed by atoms with Gasteiger partial charge in [0.2, 0.25) is 5.91 Å². The average Bonchev–Trinajstić information content (AvgIpc) is 2.68. The van der Waals surface area contributed by atoms with Crippen molar-refractivity contribution in [3.8, 4) is 0 Å². The Morgan fingerprint density at radius 3 is 2.59 bits per heavy atom. The predicted molar refractivity (Wildman–Crippen MR) is 109 cm³/mol. The molecule has 1 heterocycles. The summed E-state index contributed by atoms with van der Waals surface area (Å²) in [6.07, 6.45) is 3.72. The number of carbonyl (C=O) groups is 1. The zero-order valence-electron chi connectivity index (χ0n) is 15.7. The summed E-state index contributed by atoms with van der Waals surface area (Å²) in [5, 5.41) is 5.04. The third kappa shape index (κ3) is 4.90. The Morgan fingerprint density at radius 2 is 1.89 bits per heavy atom. The lowest BCUT2D eigenvalue weighted by molar-refractivity contribution is -0.117. The minimum Gasteiger partial charge on any atom is -0.374 e. The van der Waals surface area contributed by atoms with Gasteiger partial charge in [-0.15, -0.1) is 0 Å². The molecule has 0 aliphatic heterocycles. The lowest BCUT2D eigenvalue weighted by Crippen LogP contribution is -2.27. The third-order valence-electron chi connectivity index (χ3n) is 4.43. The van der Waals surface area contributed by atoms with Crippen LogP contribution in [0.5, 0.6) is 0 Å². The van der Waals surface area contributed by atoms with Gasteiger partial charge in [-0.1, -0.05) is 30.3 Å². The van der Waals surface area contributed by atoms with Gasteiger partial charge >= 0.3 is 0 Å². The van der Waals surface area contributed by atoms with E-state index in [9.17, 15) is 4.79 Å². The quantitative estimate of drug-likeness (QED) is 0.669. The number of fused-ring (bicyclic) bond motifs is 1. The number of benzene rings is 2. The molecule has 27 heavy (non-hydrogen) atoms. The molecule has 2 aromatic carbocycles. The van der Waals surface area contributed by atoms with Crippen LogP contribution in [0.15, 0.2) is 60.9 Å². The highest BCUT2D eigenvalue weighted by Crippen LogP contribution is 2.21. The Morgan fingerprint density at radius 1 is 1.11 bits per heavy atom.